The summed E-state index contributed by atoms with van der Waals surface area (Å²) in [5, 5.41) is 1.73. The van der Waals surface area contributed by atoms with E-state index in [-0.39, 0.29) is 0 Å². The van der Waals surface area contributed by atoms with Crippen molar-refractivity contribution in [2.75, 3.05) is 31.9 Å². The number of aromatic amines is 1. The average molecular weight is 421 g/mol. The Morgan fingerprint density at radius 2 is 2.03 bits per heavy atom. The minimum atomic E-state index is 0.596. The lowest BCUT2D eigenvalue weighted by molar-refractivity contribution is 0.106. The molecule has 3 aromatic heterocycles. The van der Waals surface area contributed by atoms with Crippen LogP contribution in [0, 0.1) is 0 Å². The number of H-pyrrole nitrogens is 1. The van der Waals surface area contributed by atoms with E-state index in [9.17, 15) is 0 Å². The second-order valence-corrected chi connectivity index (χ2v) is 7.68. The molecule has 4 aromatic rings. The molecule has 7 heteroatoms. The Morgan fingerprint density at radius 3 is 2.80 bits per heavy atom. The summed E-state index contributed by atoms with van der Waals surface area (Å²) in [5.41, 5.74) is 4.83. The first-order valence-electron chi connectivity index (χ1n) is 9.82. The van der Waals surface area contributed by atoms with E-state index in [1.54, 1.807) is 19.5 Å². The van der Waals surface area contributed by atoms with Gasteiger partial charge in [-0.2, -0.15) is 0 Å². The molecular formula is C23H21ClN4O2. The summed E-state index contributed by atoms with van der Waals surface area (Å²) in [7, 11) is 1.63. The number of hydrogen-bond acceptors (Lipinski definition) is 5. The third kappa shape index (κ3) is 3.60. The van der Waals surface area contributed by atoms with Crippen molar-refractivity contribution in [3.63, 3.8) is 0 Å². The highest BCUT2D eigenvalue weighted by molar-refractivity contribution is 6.34. The number of ether oxygens (including phenoxy) is 2. The van der Waals surface area contributed by atoms with E-state index in [0.717, 1.165) is 58.7 Å². The lowest BCUT2D eigenvalue weighted by atomic mass is 10.1. The standard InChI is InChI=1S/C23H21ClN4O2/c1-29-18-7-17(11-25-13-18)19-8-16-9-21(27-22(16)10-20(19)24)15-3-4-23(26-12-15)28-5-2-6-30-14-28/h3-4,7-13,27H,2,5-6,14H2,1H3. The monoisotopic (exact) mass is 420 g/mol. The second-order valence-electron chi connectivity index (χ2n) is 7.28. The molecular weight excluding hydrogens is 400 g/mol. The molecule has 5 rings (SSSR count). The number of fused-ring (bicyclic) bond motifs is 1. The SMILES string of the molecule is COc1cncc(-c2cc3cc(-c4ccc(N5CCCOC5)nc4)[nH]c3cc2Cl)c1. The van der Waals surface area contributed by atoms with Crippen molar-refractivity contribution in [1.82, 2.24) is 15.0 Å². The summed E-state index contributed by atoms with van der Waals surface area (Å²) in [5.74, 6) is 1.63. The van der Waals surface area contributed by atoms with Crippen LogP contribution >= 0.6 is 11.6 Å². The minimum absolute atomic E-state index is 0.596. The lowest BCUT2D eigenvalue weighted by Crippen LogP contribution is -2.33. The Labute approximate surface area is 179 Å². The Bertz CT molecular complexity index is 1180. The second kappa shape index (κ2) is 7.97. The van der Waals surface area contributed by atoms with Gasteiger partial charge in [0.25, 0.3) is 0 Å². The van der Waals surface area contributed by atoms with Crippen LogP contribution in [0.4, 0.5) is 5.82 Å². The van der Waals surface area contributed by atoms with Crippen molar-refractivity contribution >= 4 is 28.3 Å². The van der Waals surface area contributed by atoms with Crippen LogP contribution < -0.4 is 9.64 Å². The molecule has 0 unspecified atom stereocenters. The zero-order valence-electron chi connectivity index (χ0n) is 16.6. The van der Waals surface area contributed by atoms with E-state index >= 15 is 0 Å². The first-order valence-corrected chi connectivity index (χ1v) is 10.2. The summed E-state index contributed by atoms with van der Waals surface area (Å²) < 4.78 is 10.8. The quantitative estimate of drug-likeness (QED) is 0.495. The fraction of sp³-hybridized carbons (Fsp3) is 0.217. The van der Waals surface area contributed by atoms with Gasteiger partial charge in [-0.3, -0.25) is 4.98 Å². The molecule has 1 N–H and O–H groups in total. The van der Waals surface area contributed by atoms with Gasteiger partial charge in [0.2, 0.25) is 0 Å². The first-order chi connectivity index (χ1) is 14.7. The molecule has 1 aliphatic heterocycles. The zero-order valence-corrected chi connectivity index (χ0v) is 17.3. The number of anilines is 1. The molecule has 0 aliphatic carbocycles. The van der Waals surface area contributed by atoms with Gasteiger partial charge in [0.15, 0.2) is 0 Å². The van der Waals surface area contributed by atoms with Gasteiger partial charge in [0.05, 0.1) is 24.9 Å². The zero-order chi connectivity index (χ0) is 20.5. The average Bonchev–Trinajstić information content (AvgIpc) is 3.22. The normalized spacial score (nSPS) is 14.3. The number of halogens is 1. The number of pyridine rings is 2. The molecule has 1 fully saturated rings. The topological polar surface area (TPSA) is 63.3 Å². The lowest BCUT2D eigenvalue weighted by Gasteiger charge is -2.27. The predicted molar refractivity (Wildman–Crippen MR) is 119 cm³/mol. The predicted octanol–water partition coefficient (Wildman–Crippen LogP) is 5.14. The van der Waals surface area contributed by atoms with Crippen LogP contribution in [0.5, 0.6) is 5.75 Å². The van der Waals surface area contributed by atoms with E-state index in [0.29, 0.717) is 17.5 Å². The van der Waals surface area contributed by atoms with Gasteiger partial charge in [-0.05, 0) is 42.8 Å². The Hall–Kier alpha value is -3.09. The fourth-order valence-corrected chi connectivity index (χ4v) is 3.99. The summed E-state index contributed by atoms with van der Waals surface area (Å²) in [6.07, 6.45) is 6.38. The molecule has 0 saturated carbocycles. The maximum atomic E-state index is 6.58. The van der Waals surface area contributed by atoms with Crippen molar-refractivity contribution in [2.24, 2.45) is 0 Å². The van der Waals surface area contributed by atoms with Crippen LogP contribution in [0.1, 0.15) is 6.42 Å². The van der Waals surface area contributed by atoms with Crippen LogP contribution in [-0.4, -0.2) is 41.9 Å². The molecule has 1 aliphatic rings. The van der Waals surface area contributed by atoms with Crippen LogP contribution in [0.25, 0.3) is 33.3 Å². The molecule has 0 bridgehead atoms. The van der Waals surface area contributed by atoms with Crippen molar-refractivity contribution in [2.45, 2.75) is 6.42 Å². The maximum Gasteiger partial charge on any atom is 0.137 e. The molecule has 6 nitrogen and oxygen atoms in total. The molecule has 0 radical (unpaired) electrons. The summed E-state index contributed by atoms with van der Waals surface area (Å²) in [4.78, 5) is 14.5. The number of aromatic nitrogens is 3. The van der Waals surface area contributed by atoms with E-state index in [1.165, 1.54) is 0 Å². The summed E-state index contributed by atoms with van der Waals surface area (Å²) in [6.45, 7) is 2.39. The van der Waals surface area contributed by atoms with E-state index in [2.05, 4.69) is 38.1 Å². The molecule has 0 spiro atoms. The van der Waals surface area contributed by atoms with Crippen LogP contribution in [0.3, 0.4) is 0 Å². The smallest absolute Gasteiger partial charge is 0.137 e. The van der Waals surface area contributed by atoms with Crippen LogP contribution in [-0.2, 0) is 4.74 Å². The first kappa shape index (κ1) is 18.9. The van der Waals surface area contributed by atoms with E-state index in [1.807, 2.05) is 24.4 Å². The molecule has 0 amide bonds. The maximum absolute atomic E-state index is 6.58. The van der Waals surface area contributed by atoms with Crippen molar-refractivity contribution < 1.29 is 9.47 Å². The van der Waals surface area contributed by atoms with E-state index < -0.39 is 0 Å². The highest BCUT2D eigenvalue weighted by Crippen LogP contribution is 2.35. The van der Waals surface area contributed by atoms with Gasteiger partial charge in [-0.1, -0.05) is 11.6 Å². The van der Waals surface area contributed by atoms with Gasteiger partial charge >= 0.3 is 0 Å². The fourth-order valence-electron chi connectivity index (χ4n) is 3.72. The highest BCUT2D eigenvalue weighted by atomic mass is 35.5. The molecule has 1 saturated heterocycles. The van der Waals surface area contributed by atoms with Crippen molar-refractivity contribution in [1.29, 1.82) is 0 Å². The minimum Gasteiger partial charge on any atom is -0.495 e. The number of hydrogen-bond donors (Lipinski definition) is 1. The molecule has 0 atom stereocenters. The molecule has 30 heavy (non-hydrogen) atoms. The third-order valence-corrected chi connectivity index (χ3v) is 5.63. The number of methoxy groups -OCH3 is 1. The Morgan fingerprint density at radius 1 is 1.10 bits per heavy atom. The number of nitrogens with one attached hydrogen (secondary N) is 1. The summed E-state index contributed by atoms with van der Waals surface area (Å²) >= 11 is 6.58. The number of benzene rings is 1. The molecule has 152 valence electrons. The van der Waals surface area contributed by atoms with Crippen LogP contribution in [0.2, 0.25) is 5.02 Å². The van der Waals surface area contributed by atoms with E-state index in [4.69, 9.17) is 21.1 Å². The number of rotatable bonds is 4. The molecule has 1 aromatic carbocycles. The van der Waals surface area contributed by atoms with Crippen molar-refractivity contribution in [3.05, 3.63) is 60.0 Å². The summed E-state index contributed by atoms with van der Waals surface area (Å²) in [6, 6.07) is 12.2. The molecule has 4 heterocycles. The highest BCUT2D eigenvalue weighted by Gasteiger charge is 2.14. The van der Waals surface area contributed by atoms with Gasteiger partial charge in [-0.15, -0.1) is 0 Å². The Balaban J connectivity index is 1.47. The third-order valence-electron chi connectivity index (χ3n) is 5.31. The number of nitrogens with zero attached hydrogens (tertiary/aromatic N) is 3. The van der Waals surface area contributed by atoms with Gasteiger partial charge in [-0.25, -0.2) is 4.98 Å². The van der Waals surface area contributed by atoms with Crippen LogP contribution in [0.15, 0.2) is 55.0 Å². The largest absolute Gasteiger partial charge is 0.495 e. The van der Waals surface area contributed by atoms with Gasteiger partial charge < -0.3 is 19.4 Å². The van der Waals surface area contributed by atoms with Gasteiger partial charge in [0.1, 0.15) is 18.3 Å². The Kier molecular flexibility index (Phi) is 5.02. The van der Waals surface area contributed by atoms with Gasteiger partial charge in [0, 0.05) is 52.2 Å². The van der Waals surface area contributed by atoms with Crippen molar-refractivity contribution in [3.8, 4) is 28.1 Å².